The van der Waals surface area contributed by atoms with Gasteiger partial charge in [0.2, 0.25) is 0 Å². The summed E-state index contributed by atoms with van der Waals surface area (Å²) in [5, 5.41) is 10.9. The summed E-state index contributed by atoms with van der Waals surface area (Å²) in [5.74, 6) is -0.0295. The van der Waals surface area contributed by atoms with Crippen LogP contribution in [0.1, 0.15) is 5.56 Å². The van der Waals surface area contributed by atoms with Crippen LogP contribution >= 0.6 is 15.9 Å². The summed E-state index contributed by atoms with van der Waals surface area (Å²) in [6, 6.07) is 8.49. The van der Waals surface area contributed by atoms with Gasteiger partial charge in [-0.1, -0.05) is 15.9 Å². The molecule has 0 amide bonds. The number of benzene rings is 2. The van der Waals surface area contributed by atoms with Gasteiger partial charge in [-0.05, 0) is 30.3 Å². The number of hydrogen-bond donors (Lipinski definition) is 0. The van der Waals surface area contributed by atoms with E-state index in [0.29, 0.717) is 5.75 Å². The number of methoxy groups -OCH3 is 1. The van der Waals surface area contributed by atoms with Crippen LogP contribution in [0.3, 0.4) is 0 Å². The summed E-state index contributed by atoms with van der Waals surface area (Å²) in [4.78, 5) is 10.2. The van der Waals surface area contributed by atoms with Gasteiger partial charge >= 0.3 is 5.69 Å². The molecule has 0 aliphatic heterocycles. The van der Waals surface area contributed by atoms with Gasteiger partial charge in [0.15, 0.2) is 5.75 Å². The number of rotatable bonds is 5. The van der Waals surface area contributed by atoms with Crippen molar-refractivity contribution in [1.82, 2.24) is 0 Å². The zero-order valence-corrected chi connectivity index (χ0v) is 12.6. The van der Waals surface area contributed by atoms with Crippen molar-refractivity contribution in [2.24, 2.45) is 0 Å². The van der Waals surface area contributed by atoms with Crippen LogP contribution in [0.25, 0.3) is 0 Å². The van der Waals surface area contributed by atoms with Gasteiger partial charge in [-0.3, -0.25) is 10.1 Å². The quantitative estimate of drug-likeness (QED) is 0.598. The zero-order valence-electron chi connectivity index (χ0n) is 11.0. The summed E-state index contributed by atoms with van der Waals surface area (Å²) >= 11 is 3.36. The maximum absolute atomic E-state index is 13.0. The number of ether oxygens (including phenoxy) is 2. The van der Waals surface area contributed by atoms with Crippen LogP contribution in [0.2, 0.25) is 0 Å². The first-order valence-corrected chi connectivity index (χ1v) is 6.69. The fraction of sp³-hybridized carbons (Fsp3) is 0.143. The second kappa shape index (κ2) is 6.53. The Labute approximate surface area is 128 Å². The molecule has 0 aromatic heterocycles. The van der Waals surface area contributed by atoms with Crippen molar-refractivity contribution in [2.45, 2.75) is 6.61 Å². The van der Waals surface area contributed by atoms with E-state index in [9.17, 15) is 14.5 Å². The van der Waals surface area contributed by atoms with E-state index in [1.54, 1.807) is 25.3 Å². The molecular weight excluding hydrogens is 345 g/mol. The maximum atomic E-state index is 13.0. The molecule has 2 aromatic rings. The molecule has 0 saturated carbocycles. The Morgan fingerprint density at radius 2 is 2.05 bits per heavy atom. The first kappa shape index (κ1) is 15.2. The van der Waals surface area contributed by atoms with Crippen molar-refractivity contribution < 1.29 is 18.8 Å². The molecule has 2 aromatic carbocycles. The molecular formula is C14H11BrFNO4. The molecule has 21 heavy (non-hydrogen) atoms. The van der Waals surface area contributed by atoms with Crippen LogP contribution in [0.15, 0.2) is 40.9 Å². The van der Waals surface area contributed by atoms with Crippen LogP contribution in [0, 0.1) is 15.9 Å². The van der Waals surface area contributed by atoms with Gasteiger partial charge in [0, 0.05) is 10.0 Å². The van der Waals surface area contributed by atoms with Crippen molar-refractivity contribution in [3.05, 3.63) is 62.4 Å². The van der Waals surface area contributed by atoms with E-state index in [0.717, 1.165) is 22.2 Å². The minimum atomic E-state index is -0.684. The first-order valence-electron chi connectivity index (χ1n) is 5.90. The van der Waals surface area contributed by atoms with Crippen LogP contribution in [-0.2, 0) is 6.61 Å². The molecule has 0 unspecified atom stereocenters. The second-order valence-corrected chi connectivity index (χ2v) is 4.97. The highest BCUT2D eigenvalue weighted by Crippen LogP contribution is 2.30. The Bertz CT molecular complexity index is 678. The van der Waals surface area contributed by atoms with Crippen LogP contribution in [0.5, 0.6) is 11.5 Å². The predicted octanol–water partition coefficient (Wildman–Crippen LogP) is 4.08. The average molecular weight is 356 g/mol. The zero-order chi connectivity index (χ0) is 15.4. The van der Waals surface area contributed by atoms with Gasteiger partial charge < -0.3 is 9.47 Å². The topological polar surface area (TPSA) is 61.6 Å². The van der Waals surface area contributed by atoms with Gasteiger partial charge in [-0.2, -0.15) is 0 Å². The molecule has 2 rings (SSSR count). The van der Waals surface area contributed by atoms with Crippen molar-refractivity contribution >= 4 is 21.6 Å². The number of halogens is 2. The summed E-state index contributed by atoms with van der Waals surface area (Å²) in [6.45, 7) is 0.0876. The summed E-state index contributed by atoms with van der Waals surface area (Å²) in [5.41, 5.74) is 0.349. The number of nitro groups is 1. The smallest absolute Gasteiger partial charge is 0.313 e. The van der Waals surface area contributed by atoms with E-state index >= 15 is 0 Å². The molecule has 0 spiro atoms. The molecule has 110 valence electrons. The maximum Gasteiger partial charge on any atom is 0.313 e. The van der Waals surface area contributed by atoms with Crippen LogP contribution in [0.4, 0.5) is 10.1 Å². The SMILES string of the molecule is COc1ccc(Br)c(COc2ccc(F)cc2[N+](=O)[O-])c1. The van der Waals surface area contributed by atoms with Crippen molar-refractivity contribution in [3.63, 3.8) is 0 Å². The van der Waals surface area contributed by atoms with Crippen molar-refractivity contribution in [2.75, 3.05) is 7.11 Å². The monoisotopic (exact) mass is 355 g/mol. The summed E-state index contributed by atoms with van der Waals surface area (Å²) < 4.78 is 24.4. The molecule has 0 aliphatic rings. The van der Waals surface area contributed by atoms with Crippen molar-refractivity contribution in [3.8, 4) is 11.5 Å². The Hall–Kier alpha value is -2.15. The Morgan fingerprint density at radius 1 is 1.29 bits per heavy atom. The fourth-order valence-corrected chi connectivity index (χ4v) is 2.06. The van der Waals surface area contributed by atoms with E-state index in [4.69, 9.17) is 9.47 Å². The molecule has 0 saturated heterocycles. The average Bonchev–Trinajstić information content (AvgIpc) is 2.47. The van der Waals surface area contributed by atoms with Gasteiger partial charge in [0.05, 0.1) is 18.1 Å². The van der Waals surface area contributed by atoms with E-state index in [-0.39, 0.29) is 12.4 Å². The van der Waals surface area contributed by atoms with E-state index in [1.165, 1.54) is 6.07 Å². The number of nitro benzene ring substituents is 1. The molecule has 5 nitrogen and oxygen atoms in total. The lowest BCUT2D eigenvalue weighted by Gasteiger charge is -2.10. The largest absolute Gasteiger partial charge is 0.497 e. The number of hydrogen-bond acceptors (Lipinski definition) is 4. The lowest BCUT2D eigenvalue weighted by molar-refractivity contribution is -0.386. The minimum absolute atomic E-state index is 0.0103. The summed E-state index contributed by atoms with van der Waals surface area (Å²) in [7, 11) is 1.54. The third-order valence-corrected chi connectivity index (χ3v) is 3.53. The van der Waals surface area contributed by atoms with Crippen LogP contribution in [-0.4, -0.2) is 12.0 Å². The minimum Gasteiger partial charge on any atom is -0.497 e. The molecule has 0 radical (unpaired) electrons. The lowest BCUT2D eigenvalue weighted by atomic mass is 10.2. The second-order valence-electron chi connectivity index (χ2n) is 4.12. The Morgan fingerprint density at radius 3 is 2.71 bits per heavy atom. The Balaban J connectivity index is 2.22. The third-order valence-electron chi connectivity index (χ3n) is 2.75. The lowest BCUT2D eigenvalue weighted by Crippen LogP contribution is -2.00. The highest BCUT2D eigenvalue weighted by molar-refractivity contribution is 9.10. The molecule has 0 N–H and O–H groups in total. The summed E-state index contributed by atoms with van der Waals surface area (Å²) in [6.07, 6.45) is 0. The molecule has 0 atom stereocenters. The normalized spacial score (nSPS) is 10.2. The van der Waals surface area contributed by atoms with Crippen LogP contribution < -0.4 is 9.47 Å². The molecule has 0 bridgehead atoms. The molecule has 7 heteroatoms. The molecule has 0 heterocycles. The predicted molar refractivity (Wildman–Crippen MR) is 78.1 cm³/mol. The third kappa shape index (κ3) is 3.69. The Kier molecular flexibility index (Phi) is 4.74. The molecule has 0 fully saturated rings. The fourth-order valence-electron chi connectivity index (χ4n) is 1.70. The van der Waals surface area contributed by atoms with E-state index in [2.05, 4.69) is 15.9 Å². The van der Waals surface area contributed by atoms with Crippen molar-refractivity contribution in [1.29, 1.82) is 0 Å². The molecule has 0 aliphatic carbocycles. The highest BCUT2D eigenvalue weighted by atomic mass is 79.9. The van der Waals surface area contributed by atoms with Gasteiger partial charge in [-0.15, -0.1) is 0 Å². The van der Waals surface area contributed by atoms with Gasteiger partial charge in [0.1, 0.15) is 18.2 Å². The van der Waals surface area contributed by atoms with Gasteiger partial charge in [-0.25, -0.2) is 4.39 Å². The van der Waals surface area contributed by atoms with E-state index in [1.807, 2.05) is 0 Å². The highest BCUT2D eigenvalue weighted by Gasteiger charge is 2.16. The standard InChI is InChI=1S/C14H11BrFNO4/c1-20-11-3-4-12(15)9(6-11)8-21-14-5-2-10(16)7-13(14)17(18)19/h2-7H,8H2,1H3. The first-order chi connectivity index (χ1) is 10.0. The van der Waals surface area contributed by atoms with Gasteiger partial charge in [0.25, 0.3) is 0 Å². The van der Waals surface area contributed by atoms with E-state index < -0.39 is 16.4 Å². The number of nitrogens with zero attached hydrogens (tertiary/aromatic N) is 1.